The summed E-state index contributed by atoms with van der Waals surface area (Å²) in [6.45, 7) is 2.36. The molecule has 0 unspecified atom stereocenters. The molecule has 1 aliphatic heterocycles. The Balaban J connectivity index is 1.68. The van der Waals surface area contributed by atoms with Gasteiger partial charge in [0.15, 0.2) is 0 Å². The molecule has 4 aromatic rings. The molecular weight excluding hydrogens is 430 g/mol. The van der Waals surface area contributed by atoms with Gasteiger partial charge in [0.1, 0.15) is 0 Å². The molecule has 0 aliphatic carbocycles. The summed E-state index contributed by atoms with van der Waals surface area (Å²) in [6.07, 6.45) is 6.31. The number of hydrogen-bond acceptors (Lipinski definition) is 4. The minimum absolute atomic E-state index is 0.0631. The van der Waals surface area contributed by atoms with Crippen molar-refractivity contribution in [3.8, 4) is 0 Å². The van der Waals surface area contributed by atoms with Crippen molar-refractivity contribution in [2.75, 3.05) is 18.0 Å². The van der Waals surface area contributed by atoms with Crippen LogP contribution in [-0.4, -0.2) is 32.3 Å². The van der Waals surface area contributed by atoms with Crippen LogP contribution in [0.25, 0.3) is 22.8 Å². The van der Waals surface area contributed by atoms with E-state index < -0.39 is 0 Å². The minimum atomic E-state index is -0.0631. The first-order valence-corrected chi connectivity index (χ1v) is 10.6. The van der Waals surface area contributed by atoms with Gasteiger partial charge in [0.25, 0.3) is 5.56 Å². The van der Waals surface area contributed by atoms with Crippen LogP contribution in [0.5, 0.6) is 0 Å². The largest absolute Gasteiger partial charge is 0.341 e. The van der Waals surface area contributed by atoms with Crippen molar-refractivity contribution < 1.29 is 0 Å². The molecular formula is C22H20BrN5O. The Bertz CT molecular complexity index is 1270. The Kier molecular flexibility index (Phi) is 4.67. The highest BCUT2D eigenvalue weighted by atomic mass is 79.9. The lowest BCUT2D eigenvalue weighted by Crippen LogP contribution is -2.25. The Morgan fingerprint density at radius 3 is 2.62 bits per heavy atom. The summed E-state index contributed by atoms with van der Waals surface area (Å²) in [5.41, 5.74) is 1.87. The lowest BCUT2D eigenvalue weighted by molar-refractivity contribution is 0.786. The van der Waals surface area contributed by atoms with Gasteiger partial charge in [-0.05, 0) is 36.6 Å². The smallest absolute Gasteiger partial charge is 0.263 e. The molecule has 5 rings (SSSR count). The molecule has 146 valence electrons. The maximum absolute atomic E-state index is 13.3. The van der Waals surface area contributed by atoms with E-state index in [1.54, 1.807) is 4.57 Å². The summed E-state index contributed by atoms with van der Waals surface area (Å²) in [7, 11) is 0. The van der Waals surface area contributed by atoms with Gasteiger partial charge in [0.2, 0.25) is 11.7 Å². The average Bonchev–Trinajstić information content (AvgIpc) is 3.41. The molecule has 6 nitrogen and oxygen atoms in total. The van der Waals surface area contributed by atoms with Gasteiger partial charge in [-0.1, -0.05) is 58.4 Å². The molecule has 1 aliphatic rings. The number of allylic oxidation sites excluding steroid dienone is 1. The summed E-state index contributed by atoms with van der Waals surface area (Å²) in [5.74, 6) is 1.38. The number of nitrogens with zero attached hydrogens (tertiary/aromatic N) is 5. The first-order chi connectivity index (χ1) is 14.2. The van der Waals surface area contributed by atoms with Gasteiger partial charge in [0, 0.05) is 24.1 Å². The van der Waals surface area contributed by atoms with Gasteiger partial charge in [0.05, 0.1) is 10.9 Å². The van der Waals surface area contributed by atoms with Crippen LogP contribution in [0.3, 0.4) is 0 Å². The standard InChI is InChI=1S/C22H20BrN5O/c23-17-10-11-19-18(15-17)20(29)27(14-6-9-16-7-2-1-3-8-16)22-25-24-21(28(19)22)26-12-4-5-13-26/h1-3,6-11,15H,4-5,12-14H2/b9-6+. The van der Waals surface area contributed by atoms with Gasteiger partial charge in [-0.3, -0.25) is 9.36 Å². The zero-order chi connectivity index (χ0) is 19.8. The van der Waals surface area contributed by atoms with Crippen molar-refractivity contribution in [3.63, 3.8) is 0 Å². The van der Waals surface area contributed by atoms with Crippen LogP contribution in [0.2, 0.25) is 0 Å². The third kappa shape index (κ3) is 3.25. The Morgan fingerprint density at radius 1 is 1.03 bits per heavy atom. The van der Waals surface area contributed by atoms with Crippen molar-refractivity contribution >= 4 is 44.6 Å². The number of hydrogen-bond donors (Lipinski definition) is 0. The summed E-state index contributed by atoms with van der Waals surface area (Å²) >= 11 is 3.50. The van der Waals surface area contributed by atoms with E-state index in [0.29, 0.717) is 17.7 Å². The molecule has 0 bridgehead atoms. The van der Waals surface area contributed by atoms with Crippen LogP contribution in [0.4, 0.5) is 5.95 Å². The van der Waals surface area contributed by atoms with Crippen molar-refractivity contribution in [2.45, 2.75) is 19.4 Å². The zero-order valence-electron chi connectivity index (χ0n) is 15.8. The van der Waals surface area contributed by atoms with E-state index in [1.807, 2.05) is 65.1 Å². The van der Waals surface area contributed by atoms with Crippen molar-refractivity contribution in [3.05, 3.63) is 75.0 Å². The number of rotatable bonds is 4. The fraction of sp³-hybridized carbons (Fsp3) is 0.227. The molecule has 3 heterocycles. The molecule has 0 atom stereocenters. The van der Waals surface area contributed by atoms with Gasteiger partial charge < -0.3 is 4.90 Å². The van der Waals surface area contributed by atoms with Gasteiger partial charge in [-0.2, -0.15) is 0 Å². The quantitative estimate of drug-likeness (QED) is 0.470. The topological polar surface area (TPSA) is 55.4 Å². The third-order valence-corrected chi connectivity index (χ3v) is 5.83. The predicted molar refractivity (Wildman–Crippen MR) is 119 cm³/mol. The number of halogens is 1. The van der Waals surface area contributed by atoms with Crippen molar-refractivity contribution in [1.29, 1.82) is 0 Å². The molecule has 0 N–H and O–H groups in total. The molecule has 0 spiro atoms. The Hall–Kier alpha value is -2.93. The Labute approximate surface area is 176 Å². The van der Waals surface area contributed by atoms with Gasteiger partial charge in [-0.15, -0.1) is 10.2 Å². The molecule has 0 radical (unpaired) electrons. The van der Waals surface area contributed by atoms with Crippen molar-refractivity contribution in [2.24, 2.45) is 0 Å². The first-order valence-electron chi connectivity index (χ1n) is 9.76. The van der Waals surface area contributed by atoms with E-state index in [-0.39, 0.29) is 5.56 Å². The molecule has 1 saturated heterocycles. The molecule has 7 heteroatoms. The van der Waals surface area contributed by atoms with Crippen LogP contribution in [0, 0.1) is 0 Å². The fourth-order valence-corrected chi connectivity index (χ4v) is 4.28. The summed E-state index contributed by atoms with van der Waals surface area (Å²) in [6, 6.07) is 15.8. The van der Waals surface area contributed by atoms with Crippen LogP contribution in [0.15, 0.2) is 63.9 Å². The van der Waals surface area contributed by atoms with Gasteiger partial charge in [-0.25, -0.2) is 4.40 Å². The number of fused-ring (bicyclic) bond motifs is 3. The molecule has 2 aromatic heterocycles. The van der Waals surface area contributed by atoms with Crippen LogP contribution < -0.4 is 10.5 Å². The molecule has 1 fully saturated rings. The highest BCUT2D eigenvalue weighted by molar-refractivity contribution is 9.10. The third-order valence-electron chi connectivity index (χ3n) is 5.33. The van der Waals surface area contributed by atoms with E-state index in [2.05, 4.69) is 31.0 Å². The van der Waals surface area contributed by atoms with Crippen LogP contribution in [0.1, 0.15) is 18.4 Å². The molecule has 0 saturated carbocycles. The second-order valence-electron chi connectivity index (χ2n) is 7.22. The second-order valence-corrected chi connectivity index (χ2v) is 8.14. The van der Waals surface area contributed by atoms with Gasteiger partial charge >= 0.3 is 0 Å². The summed E-state index contributed by atoms with van der Waals surface area (Å²) in [5, 5.41) is 9.53. The normalized spacial score (nSPS) is 14.6. The molecule has 29 heavy (non-hydrogen) atoms. The SMILES string of the molecule is O=c1c2cc(Br)ccc2n2c(N3CCCC3)nnc2n1C/C=C/c1ccccc1. The lowest BCUT2D eigenvalue weighted by Gasteiger charge is -2.16. The predicted octanol–water partition coefficient (Wildman–Crippen LogP) is 4.12. The number of benzene rings is 2. The van der Waals surface area contributed by atoms with Crippen molar-refractivity contribution in [1.82, 2.24) is 19.2 Å². The van der Waals surface area contributed by atoms with Crippen LogP contribution >= 0.6 is 15.9 Å². The van der Waals surface area contributed by atoms with E-state index in [9.17, 15) is 4.79 Å². The van der Waals surface area contributed by atoms with E-state index in [0.717, 1.165) is 47.4 Å². The second kappa shape index (κ2) is 7.48. The van der Waals surface area contributed by atoms with Crippen LogP contribution in [-0.2, 0) is 6.54 Å². The molecule has 0 amide bonds. The fourth-order valence-electron chi connectivity index (χ4n) is 3.91. The minimum Gasteiger partial charge on any atom is -0.341 e. The first kappa shape index (κ1) is 18.1. The van der Waals surface area contributed by atoms with E-state index >= 15 is 0 Å². The highest BCUT2D eigenvalue weighted by Crippen LogP contribution is 2.24. The average molecular weight is 450 g/mol. The maximum Gasteiger partial charge on any atom is 0.263 e. The summed E-state index contributed by atoms with van der Waals surface area (Å²) < 4.78 is 4.59. The summed E-state index contributed by atoms with van der Waals surface area (Å²) in [4.78, 5) is 15.5. The molecule has 2 aromatic carbocycles. The number of anilines is 1. The Morgan fingerprint density at radius 2 is 1.83 bits per heavy atom. The number of aromatic nitrogens is 4. The monoisotopic (exact) mass is 449 g/mol. The van der Waals surface area contributed by atoms with E-state index in [4.69, 9.17) is 0 Å². The lowest BCUT2D eigenvalue weighted by atomic mass is 10.2. The van der Waals surface area contributed by atoms with E-state index in [1.165, 1.54) is 0 Å². The highest BCUT2D eigenvalue weighted by Gasteiger charge is 2.22. The maximum atomic E-state index is 13.3. The zero-order valence-corrected chi connectivity index (χ0v) is 17.4.